The van der Waals surface area contributed by atoms with Crippen molar-refractivity contribution in [2.45, 2.75) is 45.1 Å². The van der Waals surface area contributed by atoms with Crippen LogP contribution in [-0.2, 0) is 11.8 Å². The van der Waals surface area contributed by atoms with Crippen molar-refractivity contribution < 1.29 is 18.6 Å². The zero-order valence-electron chi connectivity index (χ0n) is 22.5. The Morgan fingerprint density at radius 1 is 1.15 bits per heavy atom. The lowest BCUT2D eigenvalue weighted by atomic mass is 9.95. The molecule has 0 saturated carbocycles. The molecule has 0 spiro atoms. The molecule has 6 rings (SSSR count). The van der Waals surface area contributed by atoms with Gasteiger partial charge in [-0.25, -0.2) is 4.98 Å². The number of ether oxygens (including phenoxy) is 3. The number of aromatic nitrogens is 2. The summed E-state index contributed by atoms with van der Waals surface area (Å²) in [6.45, 7) is 6.95. The van der Waals surface area contributed by atoms with Crippen molar-refractivity contribution >= 4 is 27.7 Å². The number of fused-ring (bicyclic) bond motifs is 2. The van der Waals surface area contributed by atoms with Crippen molar-refractivity contribution in [3.05, 3.63) is 57.7 Å². The van der Waals surface area contributed by atoms with Gasteiger partial charge in [0.1, 0.15) is 23.3 Å². The van der Waals surface area contributed by atoms with Gasteiger partial charge in [-0.3, -0.25) is 4.79 Å². The van der Waals surface area contributed by atoms with Crippen LogP contribution >= 0.6 is 0 Å². The molecule has 0 amide bonds. The van der Waals surface area contributed by atoms with E-state index in [1.807, 2.05) is 44.2 Å². The number of nitrogens with zero attached hydrogens (tertiary/aromatic N) is 4. The van der Waals surface area contributed by atoms with Gasteiger partial charge in [-0.15, -0.1) is 0 Å². The van der Waals surface area contributed by atoms with Crippen LogP contribution in [0.5, 0.6) is 11.5 Å². The summed E-state index contributed by atoms with van der Waals surface area (Å²) in [5, 5.41) is 10.9. The predicted molar refractivity (Wildman–Crippen MR) is 148 cm³/mol. The number of hydrogen-bond acceptors (Lipinski definition) is 8. The van der Waals surface area contributed by atoms with Crippen molar-refractivity contribution in [3.63, 3.8) is 0 Å². The lowest BCUT2D eigenvalue weighted by Gasteiger charge is -2.34. The highest BCUT2D eigenvalue weighted by molar-refractivity contribution is 5.97. The van der Waals surface area contributed by atoms with Crippen LogP contribution in [0.15, 0.2) is 39.5 Å². The second kappa shape index (κ2) is 10.3. The van der Waals surface area contributed by atoms with Gasteiger partial charge in [0.05, 0.1) is 31.0 Å². The van der Waals surface area contributed by atoms with Gasteiger partial charge in [0.15, 0.2) is 23.0 Å². The molecule has 2 aromatic heterocycles. The monoisotopic (exact) mass is 528 g/mol. The first-order valence-electron chi connectivity index (χ1n) is 13.6. The van der Waals surface area contributed by atoms with Crippen molar-refractivity contribution in [2.75, 3.05) is 37.8 Å². The molecule has 39 heavy (non-hydrogen) atoms. The minimum atomic E-state index is -0.323. The molecule has 0 unspecified atom stereocenters. The van der Waals surface area contributed by atoms with Crippen LogP contribution < -0.4 is 19.9 Å². The Bertz CT molecular complexity index is 1640. The summed E-state index contributed by atoms with van der Waals surface area (Å²) in [4.78, 5) is 20.3. The van der Waals surface area contributed by atoms with Crippen molar-refractivity contribution in [1.29, 1.82) is 5.26 Å². The Hall–Kier alpha value is -4.03. The average molecular weight is 529 g/mol. The summed E-state index contributed by atoms with van der Waals surface area (Å²) in [6, 6.07) is 12.0. The number of anilines is 1. The third-order valence-corrected chi connectivity index (χ3v) is 7.75. The second-order valence-corrected chi connectivity index (χ2v) is 10.3. The zero-order chi connectivity index (χ0) is 27.1. The van der Waals surface area contributed by atoms with E-state index in [-0.39, 0.29) is 23.1 Å². The van der Waals surface area contributed by atoms with Crippen LogP contribution in [0, 0.1) is 18.3 Å². The fourth-order valence-corrected chi connectivity index (χ4v) is 5.68. The van der Waals surface area contributed by atoms with Crippen molar-refractivity contribution in [3.8, 4) is 17.6 Å². The number of hydrogen-bond donors (Lipinski definition) is 0. The van der Waals surface area contributed by atoms with Crippen LogP contribution in [0.4, 0.5) is 5.69 Å². The summed E-state index contributed by atoms with van der Waals surface area (Å²) in [5.41, 5.74) is 3.99. The third-order valence-electron chi connectivity index (χ3n) is 7.75. The molecule has 0 N–H and O–H groups in total. The fourth-order valence-electron chi connectivity index (χ4n) is 5.68. The molecule has 4 heterocycles. The third kappa shape index (κ3) is 4.59. The summed E-state index contributed by atoms with van der Waals surface area (Å²) in [5.74, 6) is 2.10. The molecule has 0 aliphatic carbocycles. The Morgan fingerprint density at radius 2 is 1.97 bits per heavy atom. The molecule has 0 bridgehead atoms. The Balaban J connectivity index is 1.37. The largest absolute Gasteiger partial charge is 0.490 e. The molecule has 2 aliphatic rings. The van der Waals surface area contributed by atoms with Gasteiger partial charge in [0.25, 0.3) is 5.56 Å². The lowest BCUT2D eigenvalue weighted by molar-refractivity contribution is 0.138. The highest BCUT2D eigenvalue weighted by Gasteiger charge is 2.29. The first-order chi connectivity index (χ1) is 19.0. The predicted octanol–water partition coefficient (Wildman–Crippen LogP) is 4.81. The number of aryl methyl sites for hydroxylation is 2. The van der Waals surface area contributed by atoms with Crippen LogP contribution in [0.1, 0.15) is 49.1 Å². The van der Waals surface area contributed by atoms with E-state index in [1.165, 1.54) is 4.57 Å². The quantitative estimate of drug-likeness (QED) is 0.351. The molecule has 9 nitrogen and oxygen atoms in total. The maximum Gasteiger partial charge on any atom is 0.270 e. The van der Waals surface area contributed by atoms with Crippen LogP contribution in [0.25, 0.3) is 22.0 Å². The molecule has 2 aromatic carbocycles. The number of benzene rings is 2. The molecular weight excluding hydrogens is 496 g/mol. The first-order valence-corrected chi connectivity index (χ1v) is 13.6. The molecule has 1 atom stereocenters. The van der Waals surface area contributed by atoms with E-state index in [2.05, 4.69) is 11.0 Å². The number of pyridine rings is 1. The molecule has 2 fully saturated rings. The van der Waals surface area contributed by atoms with E-state index in [0.29, 0.717) is 55.6 Å². The van der Waals surface area contributed by atoms with Crippen molar-refractivity contribution in [1.82, 2.24) is 9.55 Å². The molecule has 0 radical (unpaired) electrons. The van der Waals surface area contributed by atoms with Gasteiger partial charge in [0.2, 0.25) is 0 Å². The standard InChI is InChI=1S/C30H32N4O5/c1-4-37-26-14-21-24(15-27(26)38-20-9-12-36-17-20)33(3)30(35)22(16-31)28(21)34-10-7-19(8-11-34)29-32-23-13-18(2)5-6-25(23)39-29/h5-6,13-15,19-20H,4,7-12,17H2,1-3H3/t20-/m1/s1. The molecule has 202 valence electrons. The zero-order valence-corrected chi connectivity index (χ0v) is 22.5. The van der Waals surface area contributed by atoms with E-state index in [1.54, 1.807) is 7.05 Å². The SMILES string of the molecule is CCOc1cc2c(N3CCC(c4nc5cc(C)ccc5o4)CC3)c(C#N)c(=O)n(C)c2cc1O[C@@H]1CCOC1. The van der Waals surface area contributed by atoms with Gasteiger partial charge in [-0.1, -0.05) is 6.07 Å². The van der Waals surface area contributed by atoms with Crippen LogP contribution in [0.3, 0.4) is 0 Å². The first kappa shape index (κ1) is 25.3. The Kier molecular flexibility index (Phi) is 6.65. The summed E-state index contributed by atoms with van der Waals surface area (Å²) in [6.07, 6.45) is 2.34. The molecule has 9 heteroatoms. The van der Waals surface area contributed by atoms with E-state index in [9.17, 15) is 10.1 Å². The minimum Gasteiger partial charge on any atom is -0.490 e. The minimum absolute atomic E-state index is 0.0636. The van der Waals surface area contributed by atoms with Gasteiger partial charge < -0.3 is 28.1 Å². The summed E-state index contributed by atoms with van der Waals surface area (Å²) >= 11 is 0. The number of rotatable bonds is 6. The maximum absolute atomic E-state index is 13.4. The number of oxazole rings is 1. The molecule has 2 saturated heterocycles. The van der Waals surface area contributed by atoms with Gasteiger partial charge in [-0.05, 0) is 50.5 Å². The molecular formula is C30H32N4O5. The summed E-state index contributed by atoms with van der Waals surface area (Å²) < 4.78 is 25.3. The molecule has 2 aliphatic heterocycles. The average Bonchev–Trinajstić information content (AvgIpc) is 3.61. The summed E-state index contributed by atoms with van der Waals surface area (Å²) in [7, 11) is 1.69. The van der Waals surface area contributed by atoms with E-state index >= 15 is 0 Å². The van der Waals surface area contributed by atoms with Gasteiger partial charge >= 0.3 is 0 Å². The Morgan fingerprint density at radius 3 is 2.69 bits per heavy atom. The van der Waals surface area contributed by atoms with Crippen LogP contribution in [0.2, 0.25) is 0 Å². The number of piperidine rings is 1. The normalized spacial score (nSPS) is 18.1. The second-order valence-electron chi connectivity index (χ2n) is 10.3. The van der Waals surface area contributed by atoms with Crippen LogP contribution in [-0.4, -0.2) is 48.6 Å². The maximum atomic E-state index is 13.4. The smallest absolute Gasteiger partial charge is 0.270 e. The topological polar surface area (TPSA) is 103 Å². The lowest BCUT2D eigenvalue weighted by Crippen LogP contribution is -2.36. The van der Waals surface area contributed by atoms with Crippen molar-refractivity contribution in [2.24, 2.45) is 7.05 Å². The van der Waals surface area contributed by atoms with Gasteiger partial charge in [-0.2, -0.15) is 5.26 Å². The van der Waals surface area contributed by atoms with E-state index in [0.717, 1.165) is 47.2 Å². The highest BCUT2D eigenvalue weighted by Crippen LogP contribution is 2.40. The van der Waals surface area contributed by atoms with E-state index in [4.69, 9.17) is 23.6 Å². The number of nitriles is 1. The van der Waals surface area contributed by atoms with Gasteiger partial charge in [0, 0.05) is 43.9 Å². The highest BCUT2D eigenvalue weighted by atomic mass is 16.6. The van der Waals surface area contributed by atoms with E-state index < -0.39 is 0 Å². The fraction of sp³-hybridized carbons (Fsp3) is 0.433. The molecule has 4 aromatic rings. The Labute approximate surface area is 226 Å².